The maximum atomic E-state index is 14.4. The van der Waals surface area contributed by atoms with Gasteiger partial charge in [-0.15, -0.1) is 0 Å². The number of aromatic amines is 1. The smallest absolute Gasteiger partial charge is 0.411 e. The van der Waals surface area contributed by atoms with Crippen molar-refractivity contribution in [2.45, 2.75) is 76.1 Å². The molecule has 2 heterocycles. The minimum absolute atomic E-state index is 0.0189. The highest BCUT2D eigenvalue weighted by molar-refractivity contribution is 6.76. The normalized spacial score (nSPS) is 16.4. The summed E-state index contributed by atoms with van der Waals surface area (Å²) in [5.74, 6) is -1.40. The van der Waals surface area contributed by atoms with Crippen molar-refractivity contribution in [1.82, 2.24) is 15.2 Å². The van der Waals surface area contributed by atoms with Gasteiger partial charge in [0, 0.05) is 37.1 Å². The van der Waals surface area contributed by atoms with E-state index < -0.39 is 50.1 Å². The van der Waals surface area contributed by atoms with Gasteiger partial charge >= 0.3 is 18.0 Å². The van der Waals surface area contributed by atoms with Gasteiger partial charge in [0.05, 0.1) is 32.6 Å². The molecule has 1 aliphatic heterocycles. The van der Waals surface area contributed by atoms with Crippen molar-refractivity contribution < 1.29 is 33.4 Å². The third-order valence-electron chi connectivity index (χ3n) is 8.75. The van der Waals surface area contributed by atoms with Crippen LogP contribution in [0.3, 0.4) is 0 Å². The van der Waals surface area contributed by atoms with Crippen LogP contribution < -0.4 is 5.32 Å². The number of amides is 2. The first kappa shape index (κ1) is 35.4. The van der Waals surface area contributed by atoms with Crippen molar-refractivity contribution in [3.8, 4) is 0 Å². The third-order valence-corrected chi connectivity index (χ3v) is 10.5. The largest absolute Gasteiger partial charge is 0.469 e. The van der Waals surface area contributed by atoms with Crippen molar-refractivity contribution >= 4 is 42.9 Å². The number of rotatable bonds is 13. The number of hydrogen-bond acceptors (Lipinski definition) is 7. The van der Waals surface area contributed by atoms with E-state index in [9.17, 15) is 19.2 Å². The second-order valence-corrected chi connectivity index (χ2v) is 19.3. The summed E-state index contributed by atoms with van der Waals surface area (Å²) in [6, 6.07) is 24.8. The molecule has 2 N–H and O–H groups in total. The molecule has 0 bridgehead atoms. The molecule has 0 saturated heterocycles. The lowest BCUT2D eigenvalue weighted by Crippen LogP contribution is -2.56. The van der Waals surface area contributed by atoms with Crippen LogP contribution in [0.25, 0.3) is 10.9 Å². The van der Waals surface area contributed by atoms with E-state index in [1.54, 1.807) is 0 Å². The number of carbonyl (C=O) groups is 4. The zero-order valence-corrected chi connectivity index (χ0v) is 29.6. The Labute approximate surface area is 288 Å². The number of carbonyl (C=O) groups excluding carboxylic acids is 4. The molecule has 258 valence electrons. The van der Waals surface area contributed by atoms with E-state index in [0.29, 0.717) is 18.7 Å². The van der Waals surface area contributed by atoms with Crippen LogP contribution in [0, 0.1) is 0 Å². The highest BCUT2D eigenvalue weighted by Crippen LogP contribution is 2.40. The monoisotopic (exact) mass is 683 g/mol. The van der Waals surface area contributed by atoms with Crippen LogP contribution in [0.15, 0.2) is 84.9 Å². The SMILES string of the molecule is COC(=O)C[C@H]1c2[nH]c3ccccc3c2C[C@@H](C(=O)N[C@H](CC(=O)OCC[Si](C)(C)C)Cc2ccccc2)N1C(=O)OCc1ccccc1. The minimum atomic E-state index is -1.42. The molecule has 0 fully saturated rings. The van der Waals surface area contributed by atoms with E-state index in [2.05, 4.69) is 29.9 Å². The Balaban J connectivity index is 1.47. The average Bonchev–Trinajstić information content (AvgIpc) is 3.46. The summed E-state index contributed by atoms with van der Waals surface area (Å²) >= 11 is 0. The van der Waals surface area contributed by atoms with Crippen LogP contribution in [0.5, 0.6) is 0 Å². The Morgan fingerprint density at radius 3 is 2.20 bits per heavy atom. The van der Waals surface area contributed by atoms with Crippen LogP contribution in [-0.4, -0.2) is 67.7 Å². The highest BCUT2D eigenvalue weighted by Gasteiger charge is 2.45. The molecule has 5 rings (SSSR count). The number of ether oxygens (including phenoxy) is 3. The molecule has 11 heteroatoms. The third kappa shape index (κ3) is 9.38. The highest BCUT2D eigenvalue weighted by atomic mass is 28.3. The number of fused-ring (bicyclic) bond motifs is 3. The number of para-hydroxylation sites is 1. The zero-order chi connectivity index (χ0) is 35.0. The number of nitrogens with one attached hydrogen (secondary N) is 2. The molecule has 0 saturated carbocycles. The number of H-pyrrole nitrogens is 1. The van der Waals surface area contributed by atoms with Gasteiger partial charge in [-0.25, -0.2) is 4.79 Å². The summed E-state index contributed by atoms with van der Waals surface area (Å²) in [6.45, 7) is 6.96. The lowest BCUT2D eigenvalue weighted by Gasteiger charge is -2.40. The molecule has 1 aliphatic rings. The van der Waals surface area contributed by atoms with Gasteiger partial charge in [-0.2, -0.15) is 0 Å². The molecule has 3 aromatic carbocycles. The standard InChI is InChI=1S/C38H45N3O7Si/c1-46-34(42)24-32-36-30(29-17-11-12-18-31(29)40-36)23-33(41(32)38(45)48-25-27-15-9-6-10-16-27)37(44)39-28(21-26-13-7-5-8-14-26)22-35(43)47-19-20-49(2,3)4/h5-18,28,32-33,40H,19-25H2,1-4H3,(H,39,44)/t28-,32-,33-/m0/s1. The fourth-order valence-corrected chi connectivity index (χ4v) is 6.90. The summed E-state index contributed by atoms with van der Waals surface area (Å²) in [4.78, 5) is 59.1. The molecule has 0 spiro atoms. The Bertz CT molecular complexity index is 1750. The lowest BCUT2D eigenvalue weighted by atomic mass is 9.89. The van der Waals surface area contributed by atoms with Gasteiger partial charge in [-0.1, -0.05) is 98.5 Å². The zero-order valence-electron chi connectivity index (χ0n) is 28.6. The number of aromatic nitrogens is 1. The predicted molar refractivity (Wildman–Crippen MR) is 189 cm³/mol. The van der Waals surface area contributed by atoms with Crippen LogP contribution in [-0.2, 0) is 48.0 Å². The van der Waals surface area contributed by atoms with Gasteiger partial charge in [-0.3, -0.25) is 19.3 Å². The average molecular weight is 684 g/mol. The molecule has 49 heavy (non-hydrogen) atoms. The van der Waals surface area contributed by atoms with E-state index in [4.69, 9.17) is 14.2 Å². The molecular formula is C38H45N3O7Si. The first-order chi connectivity index (χ1) is 23.5. The first-order valence-corrected chi connectivity index (χ1v) is 20.4. The number of esters is 2. The van der Waals surface area contributed by atoms with Gasteiger partial charge in [0.25, 0.3) is 0 Å². The van der Waals surface area contributed by atoms with E-state index in [-0.39, 0.29) is 25.9 Å². The van der Waals surface area contributed by atoms with Crippen LogP contribution in [0.2, 0.25) is 25.7 Å². The summed E-state index contributed by atoms with van der Waals surface area (Å²) < 4.78 is 16.4. The second-order valence-electron chi connectivity index (χ2n) is 13.7. The van der Waals surface area contributed by atoms with E-state index in [0.717, 1.165) is 33.6 Å². The summed E-state index contributed by atoms with van der Waals surface area (Å²) in [6.07, 6.45) is -0.432. The predicted octanol–water partition coefficient (Wildman–Crippen LogP) is 6.33. The van der Waals surface area contributed by atoms with E-state index >= 15 is 0 Å². The van der Waals surface area contributed by atoms with Crippen molar-refractivity contribution in [3.05, 3.63) is 107 Å². The fourth-order valence-electron chi connectivity index (χ4n) is 6.18. The number of nitrogens with zero attached hydrogens (tertiary/aromatic N) is 1. The molecule has 3 atom stereocenters. The fraction of sp³-hybridized carbons (Fsp3) is 0.368. The Kier molecular flexibility index (Phi) is 11.6. The summed E-state index contributed by atoms with van der Waals surface area (Å²) in [5, 5.41) is 3.98. The van der Waals surface area contributed by atoms with Gasteiger partial charge in [0.1, 0.15) is 12.6 Å². The molecule has 0 unspecified atom stereocenters. The lowest BCUT2D eigenvalue weighted by molar-refractivity contribution is -0.145. The van der Waals surface area contributed by atoms with Crippen molar-refractivity contribution in [2.75, 3.05) is 13.7 Å². The molecule has 2 amide bonds. The summed E-state index contributed by atoms with van der Waals surface area (Å²) in [5.41, 5.74) is 4.03. The quantitative estimate of drug-likeness (QED) is 0.0958. The Morgan fingerprint density at radius 2 is 1.53 bits per heavy atom. The van der Waals surface area contributed by atoms with Crippen molar-refractivity contribution in [1.29, 1.82) is 0 Å². The minimum Gasteiger partial charge on any atom is -0.469 e. The van der Waals surface area contributed by atoms with Crippen LogP contribution in [0.1, 0.15) is 41.3 Å². The van der Waals surface area contributed by atoms with Crippen LogP contribution >= 0.6 is 0 Å². The molecule has 4 aromatic rings. The maximum Gasteiger partial charge on any atom is 0.411 e. The molecule has 0 aliphatic carbocycles. The molecule has 1 aromatic heterocycles. The van der Waals surface area contributed by atoms with Crippen molar-refractivity contribution in [3.63, 3.8) is 0 Å². The number of hydrogen-bond donors (Lipinski definition) is 2. The Morgan fingerprint density at radius 1 is 0.878 bits per heavy atom. The van der Waals surface area contributed by atoms with Gasteiger partial charge in [0.2, 0.25) is 5.91 Å². The van der Waals surface area contributed by atoms with E-state index in [1.165, 1.54) is 12.0 Å². The van der Waals surface area contributed by atoms with E-state index in [1.807, 2.05) is 84.9 Å². The number of benzene rings is 3. The van der Waals surface area contributed by atoms with Gasteiger partial charge in [0.15, 0.2) is 0 Å². The Hall–Kier alpha value is -4.90. The molecular weight excluding hydrogens is 639 g/mol. The number of methoxy groups -OCH3 is 1. The first-order valence-electron chi connectivity index (χ1n) is 16.7. The van der Waals surface area contributed by atoms with Crippen LogP contribution in [0.4, 0.5) is 4.79 Å². The summed E-state index contributed by atoms with van der Waals surface area (Å²) in [7, 11) is -0.129. The topological polar surface area (TPSA) is 127 Å². The molecule has 10 nitrogen and oxygen atoms in total. The van der Waals surface area contributed by atoms with Gasteiger partial charge in [-0.05, 0) is 35.2 Å². The second kappa shape index (κ2) is 16.0. The van der Waals surface area contributed by atoms with Gasteiger partial charge < -0.3 is 24.5 Å². The van der Waals surface area contributed by atoms with Crippen molar-refractivity contribution in [2.24, 2.45) is 0 Å². The maximum absolute atomic E-state index is 14.4. The molecule has 0 radical (unpaired) electrons.